The zero-order chi connectivity index (χ0) is 11.8. The summed E-state index contributed by atoms with van der Waals surface area (Å²) >= 11 is 0. The molecule has 2 saturated heterocycles. The highest BCUT2D eigenvalue weighted by atomic mass is 16.8. The van der Waals surface area contributed by atoms with Crippen LogP contribution in [0.3, 0.4) is 0 Å². The van der Waals surface area contributed by atoms with Crippen molar-refractivity contribution in [3.63, 3.8) is 0 Å². The van der Waals surface area contributed by atoms with Crippen molar-refractivity contribution in [1.82, 2.24) is 0 Å². The fourth-order valence-electron chi connectivity index (χ4n) is 2.07. The van der Waals surface area contributed by atoms with Crippen molar-refractivity contribution in [2.75, 3.05) is 13.2 Å². The highest BCUT2D eigenvalue weighted by Gasteiger charge is 2.54. The topological polar surface area (TPSA) is 57.2 Å². The third kappa shape index (κ3) is 2.14. The van der Waals surface area contributed by atoms with Crippen LogP contribution in [-0.2, 0) is 18.9 Å². The lowest BCUT2D eigenvalue weighted by molar-refractivity contribution is -0.212. The van der Waals surface area contributed by atoms with E-state index in [0.717, 1.165) is 0 Å². The molecule has 0 aliphatic carbocycles. The molecule has 2 fully saturated rings. The Kier molecular flexibility index (Phi) is 3.32. The molecule has 0 radical (unpaired) electrons. The maximum Gasteiger partial charge on any atom is 0.190 e. The van der Waals surface area contributed by atoms with Gasteiger partial charge in [0, 0.05) is 0 Å². The normalized spacial score (nSPS) is 40.9. The van der Waals surface area contributed by atoms with Gasteiger partial charge < -0.3 is 24.1 Å². The van der Waals surface area contributed by atoms with Crippen LogP contribution in [-0.4, -0.2) is 48.7 Å². The van der Waals surface area contributed by atoms with E-state index < -0.39 is 12.1 Å². The van der Waals surface area contributed by atoms with Crippen molar-refractivity contribution in [1.29, 1.82) is 0 Å². The zero-order valence-electron chi connectivity index (χ0n) is 9.59. The van der Waals surface area contributed by atoms with Gasteiger partial charge in [-0.2, -0.15) is 0 Å². The Hall–Kier alpha value is -0.460. The lowest BCUT2D eigenvalue weighted by Crippen LogP contribution is -2.36. The second-order valence-corrected chi connectivity index (χ2v) is 4.36. The van der Waals surface area contributed by atoms with Crippen LogP contribution in [0.15, 0.2) is 12.7 Å². The number of hydrogen-bond acceptors (Lipinski definition) is 5. The van der Waals surface area contributed by atoms with Gasteiger partial charge in [0.1, 0.15) is 18.3 Å². The molecule has 0 bridgehead atoms. The molecule has 0 aromatic carbocycles. The minimum atomic E-state index is -0.650. The Morgan fingerprint density at radius 3 is 2.81 bits per heavy atom. The summed E-state index contributed by atoms with van der Waals surface area (Å²) in [5.74, 6) is -0.650. The smallest absolute Gasteiger partial charge is 0.190 e. The van der Waals surface area contributed by atoms with Gasteiger partial charge >= 0.3 is 0 Å². The van der Waals surface area contributed by atoms with E-state index in [1.54, 1.807) is 6.08 Å². The molecule has 0 spiro atoms. The predicted molar refractivity (Wildman–Crippen MR) is 55.7 cm³/mol. The van der Waals surface area contributed by atoms with Gasteiger partial charge in [0.2, 0.25) is 0 Å². The average Bonchev–Trinajstić information content (AvgIpc) is 2.67. The molecule has 0 aromatic rings. The van der Waals surface area contributed by atoms with Crippen LogP contribution in [0.5, 0.6) is 0 Å². The first-order valence-corrected chi connectivity index (χ1v) is 5.43. The molecule has 16 heavy (non-hydrogen) atoms. The van der Waals surface area contributed by atoms with Crippen LogP contribution < -0.4 is 0 Å². The molecule has 1 N–H and O–H groups in total. The first-order chi connectivity index (χ1) is 7.57. The highest BCUT2D eigenvalue weighted by Crippen LogP contribution is 2.38. The van der Waals surface area contributed by atoms with Gasteiger partial charge in [0.05, 0.1) is 13.2 Å². The number of rotatable bonds is 4. The van der Waals surface area contributed by atoms with Crippen LogP contribution in [0.2, 0.25) is 0 Å². The summed E-state index contributed by atoms with van der Waals surface area (Å²) < 4.78 is 22.4. The predicted octanol–water partition coefficient (Wildman–Crippen LogP) is 0.426. The summed E-state index contributed by atoms with van der Waals surface area (Å²) in [6.45, 7) is 7.58. The molecule has 5 heteroatoms. The molecular formula is C11H18O5. The highest BCUT2D eigenvalue weighted by molar-refractivity contribution is 5.01. The summed E-state index contributed by atoms with van der Waals surface area (Å²) in [6.07, 6.45) is 0.473. The number of ether oxygens (including phenoxy) is 4. The quantitative estimate of drug-likeness (QED) is 0.710. The van der Waals surface area contributed by atoms with Gasteiger partial charge in [0.25, 0.3) is 0 Å². The van der Waals surface area contributed by atoms with Gasteiger partial charge in [0.15, 0.2) is 12.1 Å². The summed E-state index contributed by atoms with van der Waals surface area (Å²) in [4.78, 5) is 0. The second-order valence-electron chi connectivity index (χ2n) is 4.36. The largest absolute Gasteiger partial charge is 0.394 e. The van der Waals surface area contributed by atoms with Crippen molar-refractivity contribution in [2.45, 2.75) is 44.2 Å². The van der Waals surface area contributed by atoms with E-state index in [4.69, 9.17) is 24.1 Å². The molecule has 92 valence electrons. The van der Waals surface area contributed by atoms with E-state index >= 15 is 0 Å². The molecule has 2 rings (SSSR count). The summed E-state index contributed by atoms with van der Waals surface area (Å²) in [7, 11) is 0. The lowest BCUT2D eigenvalue weighted by atomic mass is 10.1. The van der Waals surface area contributed by atoms with E-state index in [-0.39, 0.29) is 31.5 Å². The van der Waals surface area contributed by atoms with E-state index in [1.807, 2.05) is 13.8 Å². The molecule has 4 atom stereocenters. The third-order valence-electron chi connectivity index (χ3n) is 2.66. The Balaban J connectivity index is 2.04. The van der Waals surface area contributed by atoms with Gasteiger partial charge in [-0.15, -0.1) is 6.58 Å². The van der Waals surface area contributed by atoms with Crippen LogP contribution in [0.1, 0.15) is 13.8 Å². The van der Waals surface area contributed by atoms with Crippen LogP contribution >= 0.6 is 0 Å². The van der Waals surface area contributed by atoms with Gasteiger partial charge in [-0.05, 0) is 13.8 Å². The van der Waals surface area contributed by atoms with E-state index in [0.29, 0.717) is 0 Å². The minimum Gasteiger partial charge on any atom is -0.394 e. The maximum atomic E-state index is 8.77. The Labute approximate surface area is 94.9 Å². The molecule has 0 saturated carbocycles. The molecule has 0 aromatic heterocycles. The lowest BCUT2D eigenvalue weighted by Gasteiger charge is -2.24. The second kappa shape index (κ2) is 4.43. The van der Waals surface area contributed by atoms with Gasteiger partial charge in [-0.25, -0.2) is 0 Å². The maximum absolute atomic E-state index is 8.77. The summed E-state index contributed by atoms with van der Waals surface area (Å²) in [6, 6.07) is 0. The Morgan fingerprint density at radius 1 is 1.44 bits per heavy atom. The first-order valence-electron chi connectivity index (χ1n) is 5.43. The number of fused-ring (bicyclic) bond motifs is 1. The van der Waals surface area contributed by atoms with Crippen molar-refractivity contribution < 1.29 is 24.1 Å². The zero-order valence-corrected chi connectivity index (χ0v) is 9.59. The van der Waals surface area contributed by atoms with Crippen molar-refractivity contribution in [2.24, 2.45) is 0 Å². The van der Waals surface area contributed by atoms with Crippen molar-refractivity contribution in [3.05, 3.63) is 12.7 Å². The summed E-state index contributed by atoms with van der Waals surface area (Å²) in [5, 5.41) is 8.77. The number of aliphatic hydroxyl groups is 1. The first kappa shape index (κ1) is 12.0. The Bertz CT molecular complexity index is 265. The third-order valence-corrected chi connectivity index (χ3v) is 2.66. The molecule has 2 aliphatic rings. The minimum absolute atomic E-state index is 0.0258. The Morgan fingerprint density at radius 2 is 2.19 bits per heavy atom. The molecule has 0 amide bonds. The van der Waals surface area contributed by atoms with E-state index in [1.165, 1.54) is 0 Å². The molecule has 2 aliphatic heterocycles. The molecule has 5 nitrogen and oxygen atoms in total. The van der Waals surface area contributed by atoms with Gasteiger partial charge in [-0.1, -0.05) is 6.08 Å². The van der Waals surface area contributed by atoms with Crippen molar-refractivity contribution >= 4 is 0 Å². The average molecular weight is 230 g/mol. The van der Waals surface area contributed by atoms with Crippen molar-refractivity contribution in [3.8, 4) is 0 Å². The fraction of sp³-hybridized carbons (Fsp3) is 0.818. The van der Waals surface area contributed by atoms with Crippen LogP contribution in [0.25, 0.3) is 0 Å². The van der Waals surface area contributed by atoms with Gasteiger partial charge in [-0.3, -0.25) is 0 Å². The molecular weight excluding hydrogens is 212 g/mol. The SMILES string of the molecule is C=C[C@H]1O[C@@H]2OC(C)(C)O[C@@H]2[C@@H]1OCCO. The molecule has 2 heterocycles. The number of hydrogen-bond donors (Lipinski definition) is 1. The van der Waals surface area contributed by atoms with Crippen LogP contribution in [0, 0.1) is 0 Å². The summed E-state index contributed by atoms with van der Waals surface area (Å²) in [5.41, 5.74) is 0. The fourth-order valence-corrected chi connectivity index (χ4v) is 2.07. The van der Waals surface area contributed by atoms with E-state index in [2.05, 4.69) is 6.58 Å². The van der Waals surface area contributed by atoms with Crippen LogP contribution in [0.4, 0.5) is 0 Å². The molecule has 0 unspecified atom stereocenters. The monoisotopic (exact) mass is 230 g/mol. The number of aliphatic hydroxyl groups excluding tert-OH is 1. The standard InChI is InChI=1S/C11H18O5/c1-4-7-8(13-6-5-12)9-10(14-7)16-11(2,3)15-9/h4,7-10,12H,1,5-6H2,2-3H3/t7-,8-,9-,10-/m1/s1. The van der Waals surface area contributed by atoms with E-state index in [9.17, 15) is 0 Å².